The van der Waals surface area contributed by atoms with Crippen molar-refractivity contribution in [1.82, 2.24) is 14.5 Å². The molecule has 0 fully saturated rings. The number of aromatic nitrogens is 3. The Balaban J connectivity index is 1.46. The number of nitrogens with zero attached hydrogens (tertiary/aromatic N) is 3. The largest absolute Gasteiger partial charge is 0.302 e. The molecule has 0 saturated carbocycles. The van der Waals surface area contributed by atoms with Crippen LogP contribution in [-0.2, 0) is 11.3 Å². The van der Waals surface area contributed by atoms with E-state index in [1.165, 1.54) is 33.6 Å². The summed E-state index contributed by atoms with van der Waals surface area (Å²) in [5.74, 6) is -0.177. The molecule has 8 heteroatoms. The maximum atomic E-state index is 12.7. The number of rotatable bonds is 5. The first-order valence-corrected chi connectivity index (χ1v) is 10.8. The van der Waals surface area contributed by atoms with Crippen molar-refractivity contribution in [3.05, 3.63) is 63.1 Å². The van der Waals surface area contributed by atoms with Crippen molar-refractivity contribution in [2.75, 3.05) is 5.32 Å². The van der Waals surface area contributed by atoms with Gasteiger partial charge in [0.1, 0.15) is 4.83 Å². The smallest absolute Gasteiger partial charge is 0.262 e. The van der Waals surface area contributed by atoms with Gasteiger partial charge in [0.2, 0.25) is 5.91 Å². The second kappa shape index (κ2) is 7.88. The van der Waals surface area contributed by atoms with E-state index in [2.05, 4.69) is 15.3 Å². The number of anilines is 1. The molecule has 1 aromatic carbocycles. The molecule has 0 radical (unpaired) electrons. The Morgan fingerprint density at radius 1 is 1.14 bits per heavy atom. The number of amides is 1. The van der Waals surface area contributed by atoms with Gasteiger partial charge in [0.25, 0.3) is 5.56 Å². The van der Waals surface area contributed by atoms with Crippen molar-refractivity contribution in [2.24, 2.45) is 0 Å². The monoisotopic (exact) mass is 424 g/mol. The molecule has 0 unspecified atom stereocenters. The lowest BCUT2D eigenvalue weighted by molar-refractivity contribution is -0.116. The number of carbonyl (C=O) groups is 1. The van der Waals surface area contributed by atoms with Crippen LogP contribution in [0, 0.1) is 20.8 Å². The molecule has 1 N–H and O–H groups in total. The van der Waals surface area contributed by atoms with Crippen LogP contribution in [0.15, 0.2) is 41.5 Å². The van der Waals surface area contributed by atoms with Gasteiger partial charge in [0.15, 0.2) is 5.13 Å². The van der Waals surface area contributed by atoms with E-state index in [1.54, 1.807) is 0 Å². The highest BCUT2D eigenvalue weighted by Crippen LogP contribution is 2.32. The number of nitrogens with one attached hydrogen (secondary N) is 1. The SMILES string of the molecule is Cc1nc(NC(=O)CCn2cnc3sc(C)c(C)c3c2=O)sc1-c1ccccc1. The minimum atomic E-state index is -0.177. The van der Waals surface area contributed by atoms with Gasteiger partial charge in [0, 0.05) is 17.8 Å². The minimum absolute atomic E-state index is 0.0962. The van der Waals surface area contributed by atoms with E-state index in [0.717, 1.165) is 31.4 Å². The zero-order chi connectivity index (χ0) is 20.5. The Kier molecular flexibility index (Phi) is 5.29. The van der Waals surface area contributed by atoms with Crippen LogP contribution in [0.4, 0.5) is 5.13 Å². The average molecular weight is 425 g/mol. The third-order valence-electron chi connectivity index (χ3n) is 4.81. The summed E-state index contributed by atoms with van der Waals surface area (Å²) in [7, 11) is 0. The third-order valence-corrected chi connectivity index (χ3v) is 7.05. The summed E-state index contributed by atoms with van der Waals surface area (Å²) in [5, 5.41) is 4.07. The Morgan fingerprint density at radius 2 is 1.90 bits per heavy atom. The maximum absolute atomic E-state index is 12.7. The highest BCUT2D eigenvalue weighted by molar-refractivity contribution is 7.19. The first-order chi connectivity index (χ1) is 13.9. The van der Waals surface area contributed by atoms with E-state index in [1.807, 2.05) is 51.1 Å². The molecule has 0 bridgehead atoms. The minimum Gasteiger partial charge on any atom is -0.302 e. The zero-order valence-electron chi connectivity index (χ0n) is 16.4. The van der Waals surface area contributed by atoms with Gasteiger partial charge in [-0.05, 0) is 31.9 Å². The van der Waals surface area contributed by atoms with Crippen LogP contribution < -0.4 is 10.9 Å². The van der Waals surface area contributed by atoms with E-state index in [0.29, 0.717) is 10.5 Å². The molecule has 0 spiro atoms. The molecule has 3 heterocycles. The fourth-order valence-electron chi connectivity index (χ4n) is 3.14. The summed E-state index contributed by atoms with van der Waals surface area (Å²) in [6, 6.07) is 9.97. The summed E-state index contributed by atoms with van der Waals surface area (Å²) >= 11 is 2.97. The lowest BCUT2D eigenvalue weighted by atomic mass is 10.2. The van der Waals surface area contributed by atoms with E-state index >= 15 is 0 Å². The number of hydrogen-bond donors (Lipinski definition) is 1. The van der Waals surface area contributed by atoms with Crippen molar-refractivity contribution in [3.8, 4) is 10.4 Å². The molecule has 0 saturated heterocycles. The van der Waals surface area contributed by atoms with Crippen LogP contribution in [0.1, 0.15) is 22.6 Å². The van der Waals surface area contributed by atoms with Crippen molar-refractivity contribution in [1.29, 1.82) is 0 Å². The van der Waals surface area contributed by atoms with Crippen LogP contribution in [0.5, 0.6) is 0 Å². The van der Waals surface area contributed by atoms with Gasteiger partial charge in [0.05, 0.1) is 22.3 Å². The van der Waals surface area contributed by atoms with Crippen LogP contribution >= 0.6 is 22.7 Å². The van der Waals surface area contributed by atoms with Gasteiger partial charge in [-0.15, -0.1) is 11.3 Å². The number of benzene rings is 1. The van der Waals surface area contributed by atoms with Gasteiger partial charge in [-0.3, -0.25) is 14.2 Å². The topological polar surface area (TPSA) is 76.9 Å². The summed E-state index contributed by atoms with van der Waals surface area (Å²) in [6.07, 6.45) is 1.70. The molecule has 0 atom stereocenters. The number of thiazole rings is 1. The number of aryl methyl sites for hydroxylation is 4. The first-order valence-electron chi connectivity index (χ1n) is 9.22. The van der Waals surface area contributed by atoms with Crippen LogP contribution in [0.2, 0.25) is 0 Å². The molecule has 148 valence electrons. The Bertz CT molecular complexity index is 1260. The predicted octanol–water partition coefficient (Wildman–Crippen LogP) is 4.54. The molecule has 0 aliphatic rings. The molecule has 29 heavy (non-hydrogen) atoms. The van der Waals surface area contributed by atoms with Crippen molar-refractivity contribution in [2.45, 2.75) is 33.7 Å². The molecule has 0 aliphatic carbocycles. The van der Waals surface area contributed by atoms with Gasteiger partial charge >= 0.3 is 0 Å². The number of carbonyl (C=O) groups excluding carboxylic acids is 1. The molecule has 3 aromatic heterocycles. The fraction of sp³-hybridized carbons (Fsp3) is 0.238. The number of hydrogen-bond acceptors (Lipinski definition) is 6. The van der Waals surface area contributed by atoms with E-state index in [9.17, 15) is 9.59 Å². The van der Waals surface area contributed by atoms with Crippen molar-refractivity contribution >= 4 is 43.9 Å². The molecule has 1 amide bonds. The van der Waals surface area contributed by atoms with Crippen molar-refractivity contribution < 1.29 is 4.79 Å². The molecular formula is C21H20N4O2S2. The van der Waals surface area contributed by atoms with Crippen LogP contribution in [0.25, 0.3) is 20.7 Å². The van der Waals surface area contributed by atoms with Gasteiger partial charge in [-0.2, -0.15) is 0 Å². The van der Waals surface area contributed by atoms with Crippen LogP contribution in [0.3, 0.4) is 0 Å². The normalized spacial score (nSPS) is 11.1. The molecular weight excluding hydrogens is 404 g/mol. The molecule has 4 aromatic rings. The van der Waals surface area contributed by atoms with Gasteiger partial charge in [-0.1, -0.05) is 41.7 Å². The molecule has 6 nitrogen and oxygen atoms in total. The Hall–Kier alpha value is -2.84. The summed E-state index contributed by atoms with van der Waals surface area (Å²) in [5.41, 5.74) is 2.83. The maximum Gasteiger partial charge on any atom is 0.262 e. The van der Waals surface area contributed by atoms with Gasteiger partial charge < -0.3 is 5.32 Å². The lowest BCUT2D eigenvalue weighted by Gasteiger charge is -2.05. The molecule has 0 aliphatic heterocycles. The summed E-state index contributed by atoms with van der Waals surface area (Å²) < 4.78 is 1.50. The standard InChI is InChI=1S/C21H20N4O2S2/c1-12-14(3)28-19-17(12)20(27)25(11-22-19)10-9-16(26)24-21-23-13(2)18(29-21)15-7-5-4-6-8-15/h4-8,11H,9-10H2,1-3H3,(H,23,24,26). The quantitative estimate of drug-likeness (QED) is 0.510. The fourth-order valence-corrected chi connectivity index (χ4v) is 5.12. The number of fused-ring (bicyclic) bond motifs is 1. The van der Waals surface area contributed by atoms with Crippen molar-refractivity contribution in [3.63, 3.8) is 0 Å². The zero-order valence-corrected chi connectivity index (χ0v) is 18.0. The van der Waals surface area contributed by atoms with Gasteiger partial charge in [-0.25, -0.2) is 9.97 Å². The second-order valence-electron chi connectivity index (χ2n) is 6.80. The number of thiophene rings is 1. The van der Waals surface area contributed by atoms with E-state index in [4.69, 9.17) is 0 Å². The molecule has 4 rings (SSSR count). The third kappa shape index (κ3) is 3.86. The lowest BCUT2D eigenvalue weighted by Crippen LogP contribution is -2.23. The van der Waals surface area contributed by atoms with Crippen LogP contribution in [-0.4, -0.2) is 20.4 Å². The predicted molar refractivity (Wildman–Crippen MR) is 119 cm³/mol. The highest BCUT2D eigenvalue weighted by atomic mass is 32.1. The highest BCUT2D eigenvalue weighted by Gasteiger charge is 2.14. The summed E-state index contributed by atoms with van der Waals surface area (Å²) in [4.78, 5) is 36.8. The Labute approximate surface area is 175 Å². The van der Waals surface area contributed by atoms with E-state index < -0.39 is 0 Å². The first kappa shape index (κ1) is 19.5. The van der Waals surface area contributed by atoms with E-state index in [-0.39, 0.29) is 24.4 Å². The summed E-state index contributed by atoms with van der Waals surface area (Å²) in [6.45, 7) is 6.12. The average Bonchev–Trinajstić information content (AvgIpc) is 3.21. The Morgan fingerprint density at radius 3 is 2.66 bits per heavy atom. The second-order valence-corrected chi connectivity index (χ2v) is 9.01.